The normalized spacial score (nSPS) is 9.94. The number of quaternary nitrogens is 2. The van der Waals surface area contributed by atoms with Crippen molar-refractivity contribution in [2.75, 3.05) is 39.3 Å². The van der Waals surface area contributed by atoms with Crippen LogP contribution in [0, 0.1) is 0 Å². The molecular weight excluding hydrogens is 1400 g/mol. The van der Waals surface area contributed by atoms with E-state index in [2.05, 4.69) is 61.5 Å². The number of nitrogens with zero attached hydrogens (tertiary/aromatic N) is 4. The molecule has 2 N–H and O–H groups in total. The first-order valence-electron chi connectivity index (χ1n) is 30.5. The number of hydrogen-bond acceptors (Lipinski definition) is 16. The number of carboxylic acid groups (broad SMARTS) is 2. The fraction of sp³-hybridized carbons (Fsp3) is 0.270. The maximum Gasteiger partial charge on any atom is 2.00 e. The molecule has 0 aliphatic heterocycles. The molecule has 0 aromatic heterocycles. The predicted molar refractivity (Wildman–Crippen MR) is 350 cm³/mol. The Hall–Kier alpha value is -8.33. The van der Waals surface area contributed by atoms with E-state index in [0.29, 0.717) is 45.0 Å². The molecule has 96 heavy (non-hydrogen) atoms. The molecule has 8 aromatic carbocycles. The first kappa shape index (κ1) is 94.1. The smallest absolute Gasteiger partial charge is 0.872 e. The van der Waals surface area contributed by atoms with Crippen LogP contribution in [0.1, 0.15) is 116 Å². The number of aliphatic carboxylic acids is 2. The summed E-state index contributed by atoms with van der Waals surface area (Å²) in [5.41, 5.74) is 3.26. The number of para-hydroxylation sites is 12. The third-order valence-electron chi connectivity index (χ3n) is 12.1. The van der Waals surface area contributed by atoms with Crippen molar-refractivity contribution in [3.8, 4) is 46.0 Å². The van der Waals surface area contributed by atoms with Crippen LogP contribution in [0.4, 0.5) is 22.7 Å². The van der Waals surface area contributed by atoms with Crippen LogP contribution in [0.5, 0.6) is 46.0 Å². The number of benzene rings is 8. The third-order valence-corrected chi connectivity index (χ3v) is 12.1. The van der Waals surface area contributed by atoms with Crippen LogP contribution in [0.2, 0.25) is 0 Å². The molecule has 0 saturated heterocycles. The molecule has 8 aromatic rings. The Kier molecular flexibility index (Phi) is 58.0. The molecule has 0 unspecified atom stereocenters. The molecule has 0 spiro atoms. The summed E-state index contributed by atoms with van der Waals surface area (Å²) in [5, 5.41) is 109. The fourth-order valence-electron chi connectivity index (χ4n) is 8.03. The topological polar surface area (TPSA) is 323 Å². The molecule has 0 heterocycles. The van der Waals surface area contributed by atoms with E-state index in [4.69, 9.17) is 19.8 Å². The minimum Gasteiger partial charge on any atom is -0.872 e. The van der Waals surface area contributed by atoms with Crippen molar-refractivity contribution in [3.05, 3.63) is 216 Å². The number of aliphatic imine (C=N–C) groups is 4. The zero-order valence-electron chi connectivity index (χ0n) is 55.2. The average Bonchev–Trinajstić information content (AvgIpc) is 1.22. The van der Waals surface area contributed by atoms with Gasteiger partial charge in [0.15, 0.2) is 0 Å². The Labute approximate surface area is 607 Å². The molecule has 0 aliphatic rings. The van der Waals surface area contributed by atoms with E-state index < -0.39 is 11.9 Å². The van der Waals surface area contributed by atoms with Crippen molar-refractivity contribution in [1.82, 2.24) is 0 Å². The Bertz CT molecular complexity index is 2810. The van der Waals surface area contributed by atoms with Crippen LogP contribution in [0.15, 0.2) is 214 Å². The van der Waals surface area contributed by atoms with Crippen LogP contribution in [0.25, 0.3) is 0 Å². The van der Waals surface area contributed by atoms with Crippen molar-refractivity contribution in [2.24, 2.45) is 20.0 Å². The van der Waals surface area contributed by atoms with E-state index in [9.17, 15) is 40.9 Å². The number of nitrogens with one attached hydrogen (secondary N) is 2. The second-order valence-corrected chi connectivity index (χ2v) is 20.0. The van der Waals surface area contributed by atoms with Crippen LogP contribution in [-0.2, 0) is 75.6 Å². The summed E-state index contributed by atoms with van der Waals surface area (Å²) in [7, 11) is 0. The number of carbonyl (C=O) groups excluding carboxylic acids is 2. The molecule has 18 nitrogen and oxygen atoms in total. The summed E-state index contributed by atoms with van der Waals surface area (Å²) in [6.07, 6.45) is 13.6. The molecule has 524 valence electrons. The summed E-state index contributed by atoms with van der Waals surface area (Å²) in [6.45, 7) is 23.7. The van der Waals surface area contributed by atoms with Gasteiger partial charge in [-0.3, -0.25) is 20.0 Å². The van der Waals surface area contributed by atoms with Gasteiger partial charge in [0.05, 0.1) is 62.0 Å². The van der Waals surface area contributed by atoms with Crippen LogP contribution in [0.3, 0.4) is 0 Å². The van der Waals surface area contributed by atoms with Crippen molar-refractivity contribution < 1.29 is 136 Å². The Morgan fingerprint density at radius 1 is 0.281 bits per heavy atom. The van der Waals surface area contributed by atoms with Gasteiger partial charge in [-0.1, -0.05) is 234 Å². The van der Waals surface area contributed by atoms with Gasteiger partial charge < -0.3 is 70.5 Å². The monoisotopic (exact) mass is 1480 g/mol. The van der Waals surface area contributed by atoms with Crippen molar-refractivity contribution >= 4 is 59.5 Å². The van der Waals surface area contributed by atoms with Crippen LogP contribution >= 0.6 is 0 Å². The summed E-state index contributed by atoms with van der Waals surface area (Å²) in [4.78, 5) is 37.3. The Morgan fingerprint density at radius 3 is 0.552 bits per heavy atom. The van der Waals surface area contributed by atoms with Gasteiger partial charge in [0.2, 0.25) is 0 Å². The SMILES string of the molecule is CC(=O)[O-].CC(=O)[O-].CCC[NH+](CCC)CCC.CCC[NH+](CCC)CCC.[Ni+2].[Ni+2].[Ni+2].[Ni+2].[O-]c1ccccc1C=Nc1ccccc1[O-].[O-]c1ccccc1C=Nc1ccccc1[O-].[O-]c1ccccc1C=Nc1ccccc1[O-].[O-]c1ccccc1C=Nc1ccccc1[O-]. The first-order chi connectivity index (χ1) is 44.2. The second-order valence-electron chi connectivity index (χ2n) is 20.0. The molecule has 0 radical (unpaired) electrons. The molecule has 22 heteroatoms. The molecule has 0 bridgehead atoms. The standard InChI is InChI=1S/4C13H11NO2.2C9H21N.2C2H4O2.4Ni/c4*15-12-7-3-1-5-10(12)9-14-11-6-2-4-8-13(11)16;2*1-4-7-10(8-5-2)9-6-3;2*1-2(3)4;;;;/h4*1-9,15-16H;2*4-9H2,1-3H3;2*1H3,(H,3,4);;;;/q;;;;;;;;4*+2/p-8. The molecule has 0 fully saturated rings. The molecule has 0 aliphatic carbocycles. The van der Waals surface area contributed by atoms with Gasteiger partial charge in [-0.15, -0.1) is 23.0 Å². The summed E-state index contributed by atoms with van der Waals surface area (Å²) in [6, 6.07) is 52.0. The van der Waals surface area contributed by atoms with Gasteiger partial charge in [-0.2, -0.15) is 0 Å². The number of rotatable bonds is 20. The number of hydrogen-bond donors (Lipinski definition) is 2. The Balaban J connectivity index is -0.000000517. The number of carbonyl (C=O) groups is 2. The zero-order chi connectivity index (χ0) is 68.3. The van der Waals surface area contributed by atoms with Gasteiger partial charge in [0.25, 0.3) is 0 Å². The predicted octanol–water partition coefficient (Wildman–Crippen LogP) is 6.04. The van der Waals surface area contributed by atoms with Gasteiger partial charge in [-0.25, -0.2) is 0 Å². The van der Waals surface area contributed by atoms with Gasteiger partial charge in [0.1, 0.15) is 0 Å². The van der Waals surface area contributed by atoms with E-state index in [1.54, 1.807) is 155 Å². The molecule has 0 atom stereocenters. The van der Waals surface area contributed by atoms with Gasteiger partial charge >= 0.3 is 66.0 Å². The number of carboxylic acids is 2. The average molecular weight is 1490 g/mol. The van der Waals surface area contributed by atoms with Crippen LogP contribution in [-0.4, -0.2) is 76.1 Å². The van der Waals surface area contributed by atoms with E-state index in [1.807, 2.05) is 0 Å². The maximum absolute atomic E-state index is 11.4. The first-order valence-corrected chi connectivity index (χ1v) is 30.5. The minimum atomic E-state index is -1.08. The molecule has 8 rings (SSSR count). The van der Waals surface area contributed by atoms with E-state index in [1.165, 1.54) is 151 Å². The molecular formula is C74H86N6Ni4O12. The Morgan fingerprint density at radius 2 is 0.417 bits per heavy atom. The van der Waals surface area contributed by atoms with Crippen molar-refractivity contribution in [3.63, 3.8) is 0 Å². The molecule has 0 saturated carbocycles. The quantitative estimate of drug-likeness (QED) is 0.0651. The largest absolute Gasteiger partial charge is 2.00 e. The van der Waals surface area contributed by atoms with Gasteiger partial charge in [-0.05, 0) is 98.9 Å². The van der Waals surface area contributed by atoms with Crippen molar-refractivity contribution in [1.29, 1.82) is 0 Å². The summed E-state index contributed by atoms with van der Waals surface area (Å²) in [5.74, 6) is -3.18. The molecule has 0 amide bonds. The van der Waals surface area contributed by atoms with E-state index in [0.717, 1.165) is 13.8 Å². The zero-order valence-corrected chi connectivity index (χ0v) is 59.2. The van der Waals surface area contributed by atoms with Crippen molar-refractivity contribution in [2.45, 2.75) is 93.9 Å². The summed E-state index contributed by atoms with van der Waals surface area (Å²) >= 11 is 0. The van der Waals surface area contributed by atoms with Crippen LogP contribution < -0.4 is 60.9 Å². The van der Waals surface area contributed by atoms with E-state index >= 15 is 0 Å². The fourth-order valence-corrected chi connectivity index (χ4v) is 8.03. The van der Waals surface area contributed by atoms with E-state index in [-0.39, 0.29) is 112 Å². The third kappa shape index (κ3) is 44.4. The summed E-state index contributed by atoms with van der Waals surface area (Å²) < 4.78 is 0. The van der Waals surface area contributed by atoms with Gasteiger partial charge in [0, 0.05) is 36.8 Å². The maximum atomic E-state index is 11.4. The minimum absolute atomic E-state index is 0. The second kappa shape index (κ2) is 59.2.